The van der Waals surface area contributed by atoms with E-state index in [1.54, 1.807) is 24.3 Å². The Bertz CT molecular complexity index is 532. The Morgan fingerprint density at radius 2 is 1.78 bits per heavy atom. The van der Waals surface area contributed by atoms with Gasteiger partial charge in [-0.2, -0.15) is 0 Å². The first-order valence-corrected chi connectivity index (χ1v) is 7.76. The summed E-state index contributed by atoms with van der Waals surface area (Å²) < 4.78 is 26.6. The van der Waals surface area contributed by atoms with Gasteiger partial charge in [0.05, 0.1) is 4.90 Å². The van der Waals surface area contributed by atoms with Gasteiger partial charge in [0.15, 0.2) is 5.11 Å². The van der Waals surface area contributed by atoms with E-state index in [-0.39, 0.29) is 4.90 Å². The monoisotopic (exact) mass is 284 g/mol. The van der Waals surface area contributed by atoms with E-state index in [9.17, 15) is 8.42 Å². The highest BCUT2D eigenvalue weighted by molar-refractivity contribution is 7.91. The highest BCUT2D eigenvalue weighted by atomic mass is 32.2. The number of aryl methyl sites for hydroxylation is 1. The molecule has 0 spiro atoms. The predicted molar refractivity (Wildman–Crippen MR) is 74.9 cm³/mol. The van der Waals surface area contributed by atoms with E-state index in [0.29, 0.717) is 5.11 Å². The van der Waals surface area contributed by atoms with Crippen LogP contribution in [0.15, 0.2) is 29.2 Å². The number of hydrogen-bond acceptors (Lipinski definition) is 3. The third-order valence-corrected chi connectivity index (χ3v) is 4.79. The normalized spacial score (nSPS) is 15.7. The van der Waals surface area contributed by atoms with Crippen LogP contribution in [0.25, 0.3) is 0 Å². The van der Waals surface area contributed by atoms with Crippen molar-refractivity contribution in [2.45, 2.75) is 24.7 Å². The lowest BCUT2D eigenvalue weighted by Gasteiger charge is -2.19. The van der Waals surface area contributed by atoms with E-state index in [0.717, 1.165) is 31.5 Å². The van der Waals surface area contributed by atoms with Crippen molar-refractivity contribution in [2.24, 2.45) is 0 Å². The highest BCUT2D eigenvalue weighted by Gasteiger charge is 2.20. The lowest BCUT2D eigenvalue weighted by molar-refractivity contribution is 0.514. The van der Waals surface area contributed by atoms with Crippen molar-refractivity contribution in [1.29, 1.82) is 0 Å². The van der Waals surface area contributed by atoms with Crippen molar-refractivity contribution >= 4 is 27.4 Å². The van der Waals surface area contributed by atoms with Gasteiger partial charge in [-0.15, -0.1) is 0 Å². The van der Waals surface area contributed by atoms with Crippen molar-refractivity contribution in [3.63, 3.8) is 0 Å². The van der Waals surface area contributed by atoms with E-state index in [2.05, 4.69) is 4.72 Å². The number of rotatable bonds is 2. The van der Waals surface area contributed by atoms with Crippen molar-refractivity contribution in [1.82, 2.24) is 9.62 Å². The maximum absolute atomic E-state index is 12.1. The van der Waals surface area contributed by atoms with Gasteiger partial charge in [0.25, 0.3) is 10.0 Å². The summed E-state index contributed by atoms with van der Waals surface area (Å²) in [4.78, 5) is 2.13. The number of benzene rings is 1. The molecule has 0 aromatic heterocycles. The second-order valence-corrected chi connectivity index (χ2v) is 6.49. The number of hydrogen-bond donors (Lipinski definition) is 1. The molecule has 0 amide bonds. The van der Waals surface area contributed by atoms with Crippen LogP contribution in [0.1, 0.15) is 18.4 Å². The van der Waals surface area contributed by atoms with Gasteiger partial charge in [0, 0.05) is 13.1 Å². The third kappa shape index (κ3) is 3.00. The molecule has 0 atom stereocenters. The summed E-state index contributed by atoms with van der Waals surface area (Å²) in [6.45, 7) is 3.57. The molecule has 0 saturated carbocycles. The Hall–Kier alpha value is -1.14. The van der Waals surface area contributed by atoms with Crippen LogP contribution in [0.2, 0.25) is 0 Å². The maximum atomic E-state index is 12.1. The largest absolute Gasteiger partial charge is 0.348 e. The molecule has 1 aliphatic heterocycles. The predicted octanol–water partition coefficient (Wildman–Crippen LogP) is 1.65. The standard InChI is InChI=1S/C12H16N2O2S2/c1-10-4-6-11(7-5-10)18(15,16)13-12(17)14-8-2-3-9-14/h4-7H,2-3,8-9H2,1H3,(H,13,17). The number of thiocarbonyl (C=S) groups is 1. The number of nitrogens with zero attached hydrogens (tertiary/aromatic N) is 1. The molecule has 1 N–H and O–H groups in total. The van der Waals surface area contributed by atoms with Crippen LogP contribution in [0.4, 0.5) is 0 Å². The van der Waals surface area contributed by atoms with Gasteiger partial charge in [0.2, 0.25) is 0 Å². The minimum absolute atomic E-state index is 0.245. The van der Waals surface area contributed by atoms with Crippen LogP contribution >= 0.6 is 12.2 Å². The smallest absolute Gasteiger partial charge is 0.263 e. The second-order valence-electron chi connectivity index (χ2n) is 4.42. The molecule has 6 heteroatoms. The quantitative estimate of drug-likeness (QED) is 0.839. The Morgan fingerprint density at radius 3 is 2.33 bits per heavy atom. The van der Waals surface area contributed by atoms with Gasteiger partial charge in [-0.3, -0.25) is 4.72 Å². The Kier molecular flexibility index (Phi) is 3.87. The summed E-state index contributed by atoms with van der Waals surface area (Å²) in [5.74, 6) is 0. The summed E-state index contributed by atoms with van der Waals surface area (Å²) in [6, 6.07) is 6.72. The number of sulfonamides is 1. The summed E-state index contributed by atoms with van der Waals surface area (Å²) in [5.41, 5.74) is 1.02. The molecule has 1 aromatic rings. The first-order chi connectivity index (χ1) is 8.49. The van der Waals surface area contributed by atoms with E-state index < -0.39 is 10.0 Å². The molecule has 2 rings (SSSR count). The minimum Gasteiger partial charge on any atom is -0.348 e. The fourth-order valence-electron chi connectivity index (χ4n) is 1.88. The van der Waals surface area contributed by atoms with Crippen LogP contribution in [-0.2, 0) is 10.0 Å². The molecular formula is C12H16N2O2S2. The molecule has 4 nitrogen and oxygen atoms in total. The molecule has 1 aliphatic rings. The molecule has 0 aliphatic carbocycles. The van der Waals surface area contributed by atoms with Gasteiger partial charge < -0.3 is 4.90 Å². The van der Waals surface area contributed by atoms with E-state index in [1.165, 1.54) is 0 Å². The lowest BCUT2D eigenvalue weighted by Crippen LogP contribution is -2.40. The van der Waals surface area contributed by atoms with Gasteiger partial charge in [-0.05, 0) is 44.1 Å². The molecule has 98 valence electrons. The molecule has 1 aromatic carbocycles. The average molecular weight is 284 g/mol. The zero-order chi connectivity index (χ0) is 13.2. The van der Waals surface area contributed by atoms with Gasteiger partial charge in [-0.25, -0.2) is 8.42 Å². The molecular weight excluding hydrogens is 268 g/mol. The number of likely N-dealkylation sites (tertiary alicyclic amines) is 1. The molecule has 1 fully saturated rings. The first kappa shape index (κ1) is 13.3. The molecule has 0 bridgehead atoms. The Balaban J connectivity index is 2.11. The third-order valence-electron chi connectivity index (χ3n) is 2.95. The van der Waals surface area contributed by atoms with Gasteiger partial charge in [-0.1, -0.05) is 17.7 Å². The summed E-state index contributed by atoms with van der Waals surface area (Å²) in [6.07, 6.45) is 2.12. The van der Waals surface area contributed by atoms with Gasteiger partial charge in [0.1, 0.15) is 0 Å². The molecule has 1 saturated heterocycles. The van der Waals surface area contributed by atoms with E-state index >= 15 is 0 Å². The van der Waals surface area contributed by atoms with Crippen LogP contribution in [-0.4, -0.2) is 31.5 Å². The summed E-state index contributed by atoms with van der Waals surface area (Å²) >= 11 is 5.12. The van der Waals surface area contributed by atoms with Crippen LogP contribution in [0.3, 0.4) is 0 Å². The Labute approximate surface area is 113 Å². The second kappa shape index (κ2) is 5.24. The molecule has 1 heterocycles. The van der Waals surface area contributed by atoms with E-state index in [1.807, 2.05) is 11.8 Å². The molecule has 0 unspecified atom stereocenters. The van der Waals surface area contributed by atoms with Crippen molar-refractivity contribution < 1.29 is 8.42 Å². The molecule has 0 radical (unpaired) electrons. The van der Waals surface area contributed by atoms with Crippen LogP contribution in [0, 0.1) is 6.92 Å². The SMILES string of the molecule is Cc1ccc(S(=O)(=O)NC(=S)N2CCCC2)cc1. The number of nitrogens with one attached hydrogen (secondary N) is 1. The average Bonchev–Trinajstić information content (AvgIpc) is 2.82. The maximum Gasteiger partial charge on any atom is 0.263 e. The highest BCUT2D eigenvalue weighted by Crippen LogP contribution is 2.12. The topological polar surface area (TPSA) is 49.4 Å². The zero-order valence-corrected chi connectivity index (χ0v) is 11.9. The summed E-state index contributed by atoms with van der Waals surface area (Å²) in [5, 5.41) is 0.299. The van der Waals surface area contributed by atoms with Crippen molar-refractivity contribution in [2.75, 3.05) is 13.1 Å². The van der Waals surface area contributed by atoms with Gasteiger partial charge >= 0.3 is 0 Å². The Morgan fingerprint density at radius 1 is 1.22 bits per heavy atom. The van der Waals surface area contributed by atoms with Crippen LogP contribution < -0.4 is 4.72 Å². The van der Waals surface area contributed by atoms with Crippen molar-refractivity contribution in [3.05, 3.63) is 29.8 Å². The lowest BCUT2D eigenvalue weighted by atomic mass is 10.2. The molecule has 18 heavy (non-hydrogen) atoms. The first-order valence-electron chi connectivity index (χ1n) is 5.87. The summed E-state index contributed by atoms with van der Waals surface area (Å²) in [7, 11) is -3.55. The van der Waals surface area contributed by atoms with E-state index in [4.69, 9.17) is 12.2 Å². The van der Waals surface area contributed by atoms with Crippen LogP contribution in [0.5, 0.6) is 0 Å². The minimum atomic E-state index is -3.55. The van der Waals surface area contributed by atoms with Crippen molar-refractivity contribution in [3.8, 4) is 0 Å². The fraction of sp³-hybridized carbons (Fsp3) is 0.417. The zero-order valence-electron chi connectivity index (χ0n) is 10.2. The fourth-order valence-corrected chi connectivity index (χ4v) is 3.36.